The van der Waals surface area contributed by atoms with Crippen molar-refractivity contribution < 1.29 is 0 Å². The predicted molar refractivity (Wildman–Crippen MR) is 111 cm³/mol. The number of nitrogens with zero attached hydrogens (tertiary/aromatic N) is 4. The summed E-state index contributed by atoms with van der Waals surface area (Å²) in [5.41, 5.74) is 3.84. The molecule has 2 aromatic carbocycles. The van der Waals surface area contributed by atoms with Crippen molar-refractivity contribution in [1.82, 2.24) is 9.97 Å². The fraction of sp³-hybridized carbons (Fsp3) is 0.304. The minimum absolute atomic E-state index is 0.758. The SMILES string of the molecule is CN(C)c1nc(Cc2ccccc2)nc2c1CCCN2Cc1ccccc1. The lowest BCUT2D eigenvalue weighted by atomic mass is 10.0. The first-order chi connectivity index (χ1) is 13.2. The van der Waals surface area contributed by atoms with Crippen LogP contribution in [-0.2, 0) is 19.4 Å². The Morgan fingerprint density at radius 1 is 0.889 bits per heavy atom. The largest absolute Gasteiger partial charge is 0.362 e. The molecule has 1 aromatic heterocycles. The smallest absolute Gasteiger partial charge is 0.137 e. The van der Waals surface area contributed by atoms with Gasteiger partial charge >= 0.3 is 0 Å². The number of anilines is 2. The van der Waals surface area contributed by atoms with Gasteiger partial charge in [0, 0.05) is 39.2 Å². The van der Waals surface area contributed by atoms with Crippen LogP contribution in [0.15, 0.2) is 60.7 Å². The van der Waals surface area contributed by atoms with Crippen LogP contribution >= 0.6 is 0 Å². The van der Waals surface area contributed by atoms with Gasteiger partial charge in [-0.1, -0.05) is 60.7 Å². The van der Waals surface area contributed by atoms with Crippen molar-refractivity contribution in [3.05, 3.63) is 83.2 Å². The summed E-state index contributed by atoms with van der Waals surface area (Å²) < 4.78 is 0. The maximum Gasteiger partial charge on any atom is 0.137 e. The molecule has 0 fully saturated rings. The summed E-state index contributed by atoms with van der Waals surface area (Å²) in [7, 11) is 4.15. The van der Waals surface area contributed by atoms with E-state index in [4.69, 9.17) is 9.97 Å². The van der Waals surface area contributed by atoms with E-state index in [9.17, 15) is 0 Å². The first kappa shape index (κ1) is 17.5. The molecule has 0 aliphatic carbocycles. The van der Waals surface area contributed by atoms with Crippen LogP contribution in [0.1, 0.15) is 28.9 Å². The molecular weight excluding hydrogens is 332 g/mol. The van der Waals surface area contributed by atoms with Crippen molar-refractivity contribution in [1.29, 1.82) is 0 Å². The van der Waals surface area contributed by atoms with Gasteiger partial charge in [-0.2, -0.15) is 0 Å². The summed E-state index contributed by atoms with van der Waals surface area (Å²) in [5.74, 6) is 3.06. The van der Waals surface area contributed by atoms with E-state index in [-0.39, 0.29) is 0 Å². The van der Waals surface area contributed by atoms with E-state index in [0.29, 0.717) is 0 Å². The Hall–Kier alpha value is -2.88. The average Bonchev–Trinajstić information content (AvgIpc) is 2.69. The zero-order valence-corrected chi connectivity index (χ0v) is 16.1. The van der Waals surface area contributed by atoms with Gasteiger partial charge in [-0.25, -0.2) is 9.97 Å². The zero-order chi connectivity index (χ0) is 18.6. The maximum absolute atomic E-state index is 5.02. The van der Waals surface area contributed by atoms with E-state index in [1.807, 2.05) is 6.07 Å². The first-order valence-corrected chi connectivity index (χ1v) is 9.60. The van der Waals surface area contributed by atoms with Gasteiger partial charge < -0.3 is 9.80 Å². The van der Waals surface area contributed by atoms with Crippen molar-refractivity contribution in [2.24, 2.45) is 0 Å². The number of benzene rings is 2. The van der Waals surface area contributed by atoms with Crippen LogP contribution in [-0.4, -0.2) is 30.6 Å². The highest BCUT2D eigenvalue weighted by Gasteiger charge is 2.24. The van der Waals surface area contributed by atoms with Crippen molar-refractivity contribution >= 4 is 11.6 Å². The maximum atomic E-state index is 5.02. The highest BCUT2D eigenvalue weighted by atomic mass is 15.2. The normalized spacial score (nSPS) is 13.3. The molecule has 0 atom stereocenters. The monoisotopic (exact) mass is 358 g/mol. The topological polar surface area (TPSA) is 32.3 Å². The quantitative estimate of drug-likeness (QED) is 0.688. The third-order valence-electron chi connectivity index (χ3n) is 5.01. The van der Waals surface area contributed by atoms with Crippen molar-refractivity contribution in [2.45, 2.75) is 25.8 Å². The molecule has 1 aliphatic heterocycles. The molecule has 4 nitrogen and oxygen atoms in total. The Kier molecular flexibility index (Phi) is 5.05. The van der Waals surface area contributed by atoms with Crippen LogP contribution in [0.5, 0.6) is 0 Å². The van der Waals surface area contributed by atoms with Gasteiger partial charge in [0.05, 0.1) is 0 Å². The molecular formula is C23H26N4. The zero-order valence-electron chi connectivity index (χ0n) is 16.1. The molecule has 4 rings (SSSR count). The van der Waals surface area contributed by atoms with E-state index in [1.54, 1.807) is 0 Å². The standard InChI is InChI=1S/C23H26N4/c1-26(2)22-20-14-9-15-27(17-19-12-7-4-8-13-19)23(20)25-21(24-22)16-18-10-5-3-6-11-18/h3-8,10-13H,9,14-17H2,1-2H3. The average molecular weight is 358 g/mol. The molecule has 4 heteroatoms. The number of rotatable bonds is 5. The molecule has 0 spiro atoms. The highest BCUT2D eigenvalue weighted by molar-refractivity contribution is 5.62. The van der Waals surface area contributed by atoms with Gasteiger partial charge in [0.15, 0.2) is 0 Å². The molecule has 3 aromatic rings. The Balaban J connectivity index is 1.71. The fourth-order valence-corrected chi connectivity index (χ4v) is 3.73. The summed E-state index contributed by atoms with van der Waals surface area (Å²) >= 11 is 0. The molecule has 1 aliphatic rings. The van der Waals surface area contributed by atoms with Crippen LogP contribution < -0.4 is 9.80 Å². The minimum Gasteiger partial charge on any atom is -0.362 e. The Morgan fingerprint density at radius 3 is 2.22 bits per heavy atom. The summed E-state index contributed by atoms with van der Waals surface area (Å²) in [4.78, 5) is 14.5. The Morgan fingerprint density at radius 2 is 1.56 bits per heavy atom. The highest BCUT2D eigenvalue weighted by Crippen LogP contribution is 2.32. The van der Waals surface area contributed by atoms with Crippen molar-refractivity contribution in [3.8, 4) is 0 Å². The molecule has 0 saturated heterocycles. The summed E-state index contributed by atoms with van der Waals surface area (Å²) in [6.07, 6.45) is 2.94. The second-order valence-electron chi connectivity index (χ2n) is 7.33. The fourth-order valence-electron chi connectivity index (χ4n) is 3.73. The Labute approximate surface area is 161 Å². The number of hydrogen-bond donors (Lipinski definition) is 0. The third-order valence-corrected chi connectivity index (χ3v) is 5.01. The van der Waals surface area contributed by atoms with Crippen LogP contribution in [0.2, 0.25) is 0 Å². The van der Waals surface area contributed by atoms with Crippen LogP contribution in [0.3, 0.4) is 0 Å². The van der Waals surface area contributed by atoms with E-state index >= 15 is 0 Å². The lowest BCUT2D eigenvalue weighted by molar-refractivity contribution is 0.667. The molecule has 2 heterocycles. The van der Waals surface area contributed by atoms with Crippen LogP contribution in [0, 0.1) is 0 Å². The van der Waals surface area contributed by atoms with Crippen molar-refractivity contribution in [3.63, 3.8) is 0 Å². The summed E-state index contributed by atoms with van der Waals surface area (Å²) in [5, 5.41) is 0. The van der Waals surface area contributed by atoms with Crippen LogP contribution in [0.25, 0.3) is 0 Å². The molecule has 0 amide bonds. The molecule has 0 saturated carbocycles. The minimum atomic E-state index is 0.758. The van der Waals surface area contributed by atoms with Crippen LogP contribution in [0.4, 0.5) is 11.6 Å². The molecule has 0 bridgehead atoms. The Bertz CT molecular complexity index is 891. The molecule has 0 radical (unpaired) electrons. The number of fused-ring (bicyclic) bond motifs is 1. The van der Waals surface area contributed by atoms with Gasteiger partial charge in [0.25, 0.3) is 0 Å². The summed E-state index contributed by atoms with van der Waals surface area (Å²) in [6, 6.07) is 21.1. The first-order valence-electron chi connectivity index (χ1n) is 9.60. The van der Waals surface area contributed by atoms with Gasteiger partial charge in [-0.3, -0.25) is 0 Å². The lowest BCUT2D eigenvalue weighted by Gasteiger charge is -2.32. The summed E-state index contributed by atoms with van der Waals surface area (Å²) in [6.45, 7) is 1.93. The molecule has 0 unspecified atom stereocenters. The molecule has 0 N–H and O–H groups in total. The predicted octanol–water partition coefficient (Wildman–Crippen LogP) is 4.09. The van der Waals surface area contributed by atoms with Crippen molar-refractivity contribution in [2.75, 3.05) is 30.4 Å². The molecule has 138 valence electrons. The van der Waals surface area contributed by atoms with Gasteiger partial charge in [-0.05, 0) is 24.0 Å². The second kappa shape index (κ2) is 7.78. The van der Waals surface area contributed by atoms with Gasteiger partial charge in [0.2, 0.25) is 0 Å². The van der Waals surface area contributed by atoms with E-state index in [2.05, 4.69) is 78.5 Å². The van der Waals surface area contributed by atoms with Gasteiger partial charge in [-0.15, -0.1) is 0 Å². The van der Waals surface area contributed by atoms with E-state index in [0.717, 1.165) is 49.8 Å². The number of hydrogen-bond acceptors (Lipinski definition) is 4. The van der Waals surface area contributed by atoms with E-state index in [1.165, 1.54) is 16.7 Å². The molecule has 27 heavy (non-hydrogen) atoms. The number of aromatic nitrogens is 2. The lowest BCUT2D eigenvalue weighted by Crippen LogP contribution is -2.32. The third kappa shape index (κ3) is 3.95. The van der Waals surface area contributed by atoms with Gasteiger partial charge in [0.1, 0.15) is 17.5 Å². The second-order valence-corrected chi connectivity index (χ2v) is 7.33. The van der Waals surface area contributed by atoms with E-state index < -0.39 is 0 Å².